The molecule has 1 atom stereocenters. The Balaban J connectivity index is 1.94. The molecule has 2 heterocycles. The Morgan fingerprint density at radius 2 is 2.16 bits per heavy atom. The fraction of sp³-hybridized carbons (Fsp3) is 0.308. The average Bonchev–Trinajstić information content (AvgIpc) is 2.38. The van der Waals surface area contributed by atoms with Gasteiger partial charge in [0.25, 0.3) is 5.24 Å². The first-order valence-corrected chi connectivity index (χ1v) is 6.99. The number of hydrogen-bond acceptors (Lipinski definition) is 4. The molecule has 6 heteroatoms. The fourth-order valence-corrected chi connectivity index (χ4v) is 3.00. The Bertz CT molecular complexity index is 598. The number of aryl methyl sites for hydroxylation is 1. The first-order chi connectivity index (χ1) is 9.13. The van der Waals surface area contributed by atoms with E-state index >= 15 is 0 Å². The summed E-state index contributed by atoms with van der Waals surface area (Å²) in [6.45, 7) is 1.96. The van der Waals surface area contributed by atoms with Crippen LogP contribution >= 0.6 is 11.8 Å². The highest BCUT2D eigenvalue weighted by Crippen LogP contribution is 2.27. The van der Waals surface area contributed by atoms with Gasteiger partial charge in [-0.15, -0.1) is 0 Å². The van der Waals surface area contributed by atoms with Gasteiger partial charge >= 0.3 is 0 Å². The van der Waals surface area contributed by atoms with Gasteiger partial charge in [0, 0.05) is 12.1 Å². The molecule has 0 saturated heterocycles. The maximum atomic E-state index is 11.3. The lowest BCUT2D eigenvalue weighted by Crippen LogP contribution is -2.30. The normalized spacial score (nSPS) is 22.2. The number of carbonyl (C=O) groups excluding carboxylic acids is 2. The third kappa shape index (κ3) is 2.35. The highest BCUT2D eigenvalue weighted by molar-refractivity contribution is 8.14. The van der Waals surface area contributed by atoms with Crippen molar-refractivity contribution in [1.82, 2.24) is 5.43 Å². The molecule has 0 fully saturated rings. The molecule has 2 aliphatic rings. The molecule has 0 bridgehead atoms. The van der Waals surface area contributed by atoms with Crippen LogP contribution in [0.1, 0.15) is 24.5 Å². The highest BCUT2D eigenvalue weighted by Gasteiger charge is 2.23. The zero-order chi connectivity index (χ0) is 13.4. The SMILES string of the molecule is CC1SC(=O)NN=C1c1ccc2c(c1)CCC(=O)N2. The van der Waals surface area contributed by atoms with Crippen LogP contribution in [-0.4, -0.2) is 22.1 Å². The van der Waals surface area contributed by atoms with Crippen molar-refractivity contribution in [2.75, 3.05) is 5.32 Å². The Morgan fingerprint density at radius 1 is 1.32 bits per heavy atom. The van der Waals surface area contributed by atoms with Crippen molar-refractivity contribution in [1.29, 1.82) is 0 Å². The quantitative estimate of drug-likeness (QED) is 0.824. The second kappa shape index (κ2) is 4.70. The van der Waals surface area contributed by atoms with Gasteiger partial charge in [-0.25, -0.2) is 5.43 Å². The van der Waals surface area contributed by atoms with E-state index in [1.807, 2.05) is 25.1 Å². The summed E-state index contributed by atoms with van der Waals surface area (Å²) in [5.41, 5.74) is 6.35. The first-order valence-electron chi connectivity index (χ1n) is 6.11. The molecular weight excluding hydrogens is 262 g/mol. The second-order valence-electron chi connectivity index (χ2n) is 4.58. The zero-order valence-corrected chi connectivity index (χ0v) is 11.2. The number of carbonyl (C=O) groups is 2. The molecule has 5 nitrogen and oxygen atoms in total. The number of nitrogens with zero attached hydrogens (tertiary/aromatic N) is 1. The van der Waals surface area contributed by atoms with Gasteiger partial charge in [0.15, 0.2) is 0 Å². The van der Waals surface area contributed by atoms with E-state index in [1.165, 1.54) is 11.8 Å². The smallest absolute Gasteiger partial charge is 0.299 e. The maximum Gasteiger partial charge on any atom is 0.299 e. The van der Waals surface area contributed by atoms with Gasteiger partial charge in [-0.1, -0.05) is 17.8 Å². The van der Waals surface area contributed by atoms with Crippen molar-refractivity contribution in [3.63, 3.8) is 0 Å². The van der Waals surface area contributed by atoms with Crippen LogP contribution in [0.15, 0.2) is 23.3 Å². The topological polar surface area (TPSA) is 70.6 Å². The number of thioether (sulfide) groups is 1. The van der Waals surface area contributed by atoms with E-state index in [1.54, 1.807) is 0 Å². The van der Waals surface area contributed by atoms with Crippen LogP contribution in [-0.2, 0) is 11.2 Å². The molecule has 19 heavy (non-hydrogen) atoms. The first kappa shape index (κ1) is 12.2. The number of hydrazone groups is 1. The predicted molar refractivity (Wildman–Crippen MR) is 75.5 cm³/mol. The minimum absolute atomic E-state index is 0.0324. The van der Waals surface area contributed by atoms with Crippen LogP contribution in [0.4, 0.5) is 10.5 Å². The predicted octanol–water partition coefficient (Wildman–Crippen LogP) is 2.12. The van der Waals surface area contributed by atoms with Gasteiger partial charge in [-0.2, -0.15) is 5.10 Å². The van der Waals surface area contributed by atoms with Gasteiger partial charge in [-0.05, 0) is 36.6 Å². The summed E-state index contributed by atoms with van der Waals surface area (Å²) in [4.78, 5) is 22.5. The summed E-state index contributed by atoms with van der Waals surface area (Å²) in [6.07, 6.45) is 1.26. The fourth-order valence-electron chi connectivity index (χ4n) is 2.28. The molecule has 0 aromatic heterocycles. The van der Waals surface area contributed by atoms with Crippen LogP contribution in [0.3, 0.4) is 0 Å². The van der Waals surface area contributed by atoms with Crippen molar-refractivity contribution in [3.05, 3.63) is 29.3 Å². The van der Waals surface area contributed by atoms with Crippen molar-refractivity contribution in [2.45, 2.75) is 25.0 Å². The Labute approximate surface area is 114 Å². The Kier molecular flexibility index (Phi) is 3.02. The Morgan fingerprint density at radius 3 is 2.95 bits per heavy atom. The van der Waals surface area contributed by atoms with Crippen molar-refractivity contribution >= 4 is 34.3 Å². The zero-order valence-electron chi connectivity index (χ0n) is 10.4. The summed E-state index contributed by atoms with van der Waals surface area (Å²) in [6, 6.07) is 5.87. The number of rotatable bonds is 1. The van der Waals surface area contributed by atoms with Crippen molar-refractivity contribution < 1.29 is 9.59 Å². The lowest BCUT2D eigenvalue weighted by molar-refractivity contribution is -0.116. The lowest BCUT2D eigenvalue weighted by atomic mass is 9.98. The third-order valence-corrected chi connectivity index (χ3v) is 4.12. The van der Waals surface area contributed by atoms with Gasteiger partial charge in [-0.3, -0.25) is 9.59 Å². The average molecular weight is 275 g/mol. The van der Waals surface area contributed by atoms with Gasteiger partial charge in [0.05, 0.1) is 11.0 Å². The van der Waals surface area contributed by atoms with Crippen molar-refractivity contribution in [2.24, 2.45) is 5.10 Å². The summed E-state index contributed by atoms with van der Waals surface area (Å²) in [5, 5.41) is 6.90. The number of anilines is 1. The van der Waals surface area contributed by atoms with Gasteiger partial charge < -0.3 is 5.32 Å². The molecule has 98 valence electrons. The van der Waals surface area contributed by atoms with Crippen LogP contribution in [0, 0.1) is 0 Å². The van der Waals surface area contributed by atoms with E-state index < -0.39 is 0 Å². The standard InChI is InChI=1S/C13H13N3O2S/c1-7-12(15-16-13(18)19-7)9-2-4-10-8(6-9)3-5-11(17)14-10/h2,4,6-7H,3,5H2,1H3,(H,14,17)(H,16,18). The molecular formula is C13H13N3O2S. The Hall–Kier alpha value is -1.82. The van der Waals surface area contributed by atoms with Crippen LogP contribution in [0.25, 0.3) is 0 Å². The second-order valence-corrected chi connectivity index (χ2v) is 5.89. The summed E-state index contributed by atoms with van der Waals surface area (Å²) in [5.74, 6) is 0.0615. The molecule has 0 radical (unpaired) electrons. The minimum atomic E-state index is -0.124. The number of nitrogens with one attached hydrogen (secondary N) is 2. The number of hydrogen-bond donors (Lipinski definition) is 2. The summed E-state index contributed by atoms with van der Waals surface area (Å²) < 4.78 is 0. The van der Waals surface area contributed by atoms with E-state index in [0.717, 1.165) is 28.9 Å². The van der Waals surface area contributed by atoms with Gasteiger partial charge in [0.1, 0.15) is 0 Å². The molecule has 2 amide bonds. The molecule has 0 aliphatic carbocycles. The molecule has 2 aliphatic heterocycles. The van der Waals surface area contributed by atoms with Crippen molar-refractivity contribution in [3.8, 4) is 0 Å². The number of benzene rings is 1. The molecule has 2 N–H and O–H groups in total. The largest absolute Gasteiger partial charge is 0.326 e. The molecule has 1 aromatic carbocycles. The molecule has 0 saturated carbocycles. The number of amides is 2. The van der Waals surface area contributed by atoms with Crippen LogP contribution in [0.5, 0.6) is 0 Å². The van der Waals surface area contributed by atoms with Crippen LogP contribution < -0.4 is 10.7 Å². The number of fused-ring (bicyclic) bond motifs is 1. The summed E-state index contributed by atoms with van der Waals surface area (Å²) in [7, 11) is 0. The highest BCUT2D eigenvalue weighted by atomic mass is 32.2. The van der Waals surface area contributed by atoms with E-state index in [9.17, 15) is 9.59 Å². The molecule has 3 rings (SSSR count). The summed E-state index contributed by atoms with van der Waals surface area (Å²) >= 11 is 1.23. The molecule has 1 aromatic rings. The van der Waals surface area contributed by atoms with E-state index in [4.69, 9.17) is 0 Å². The van der Waals surface area contributed by atoms with E-state index in [-0.39, 0.29) is 16.4 Å². The lowest BCUT2D eigenvalue weighted by Gasteiger charge is -2.21. The van der Waals surface area contributed by atoms with E-state index in [2.05, 4.69) is 15.8 Å². The maximum absolute atomic E-state index is 11.3. The minimum Gasteiger partial charge on any atom is -0.326 e. The molecule has 1 unspecified atom stereocenters. The van der Waals surface area contributed by atoms with Gasteiger partial charge in [0.2, 0.25) is 5.91 Å². The van der Waals surface area contributed by atoms with Crippen LogP contribution in [0.2, 0.25) is 0 Å². The van der Waals surface area contributed by atoms with E-state index in [0.29, 0.717) is 6.42 Å². The monoisotopic (exact) mass is 275 g/mol. The third-order valence-electron chi connectivity index (χ3n) is 3.23. The molecule has 0 spiro atoms.